The fraction of sp³-hybridized carbons (Fsp3) is 0.846. The first-order valence-corrected chi connectivity index (χ1v) is 6.95. The van der Waals surface area contributed by atoms with Crippen molar-refractivity contribution in [1.82, 2.24) is 15.5 Å². The van der Waals surface area contributed by atoms with Crippen molar-refractivity contribution < 1.29 is 9.59 Å². The van der Waals surface area contributed by atoms with E-state index in [1.54, 1.807) is 0 Å². The number of nitrogens with zero attached hydrogens (tertiary/aromatic N) is 1. The molecule has 0 aromatic carbocycles. The molecular weight excluding hydrogens is 230 g/mol. The van der Waals surface area contributed by atoms with Crippen LogP contribution in [0.5, 0.6) is 0 Å². The van der Waals surface area contributed by atoms with E-state index >= 15 is 0 Å². The molecule has 5 nitrogen and oxygen atoms in total. The number of carbonyl (C=O) groups excluding carboxylic acids is 2. The first-order chi connectivity index (χ1) is 8.68. The van der Waals surface area contributed by atoms with Gasteiger partial charge < -0.3 is 15.5 Å². The number of amides is 2. The fourth-order valence-electron chi connectivity index (χ4n) is 2.97. The molecular formula is C13H23N3O2. The monoisotopic (exact) mass is 253 g/mol. The Hall–Kier alpha value is -1.10. The summed E-state index contributed by atoms with van der Waals surface area (Å²) in [6.07, 6.45) is 4.47. The second-order valence-electron chi connectivity index (χ2n) is 5.30. The summed E-state index contributed by atoms with van der Waals surface area (Å²) in [4.78, 5) is 25.7. The lowest BCUT2D eigenvalue weighted by Gasteiger charge is -2.33. The van der Waals surface area contributed by atoms with Crippen molar-refractivity contribution in [3.8, 4) is 0 Å². The first-order valence-electron chi connectivity index (χ1n) is 6.95. The van der Waals surface area contributed by atoms with E-state index in [0.717, 1.165) is 39.0 Å². The molecule has 2 fully saturated rings. The van der Waals surface area contributed by atoms with Gasteiger partial charge in [-0.25, -0.2) is 0 Å². The molecule has 102 valence electrons. The van der Waals surface area contributed by atoms with Crippen LogP contribution in [-0.2, 0) is 9.59 Å². The number of carbonyl (C=O) groups is 2. The average molecular weight is 253 g/mol. The summed E-state index contributed by atoms with van der Waals surface area (Å²) in [5.74, 6) is 0.338. The van der Waals surface area contributed by atoms with E-state index in [4.69, 9.17) is 0 Å². The van der Waals surface area contributed by atoms with Gasteiger partial charge in [0.15, 0.2) is 0 Å². The van der Waals surface area contributed by atoms with Gasteiger partial charge in [-0.05, 0) is 18.8 Å². The van der Waals surface area contributed by atoms with Gasteiger partial charge in [0.05, 0.1) is 0 Å². The van der Waals surface area contributed by atoms with Gasteiger partial charge in [-0.3, -0.25) is 9.59 Å². The summed E-state index contributed by atoms with van der Waals surface area (Å²) >= 11 is 0. The third kappa shape index (κ3) is 3.22. The number of rotatable bonds is 3. The zero-order valence-electron chi connectivity index (χ0n) is 11.1. The van der Waals surface area contributed by atoms with Gasteiger partial charge in [-0.15, -0.1) is 0 Å². The Morgan fingerprint density at radius 3 is 2.39 bits per heavy atom. The molecule has 0 spiro atoms. The third-order valence-electron chi connectivity index (χ3n) is 3.92. The van der Waals surface area contributed by atoms with Gasteiger partial charge in [0.25, 0.3) is 0 Å². The van der Waals surface area contributed by atoms with Crippen molar-refractivity contribution in [3.05, 3.63) is 0 Å². The van der Waals surface area contributed by atoms with Crippen molar-refractivity contribution in [2.75, 3.05) is 26.2 Å². The molecule has 1 saturated heterocycles. The first kappa shape index (κ1) is 13.3. The molecule has 1 aliphatic carbocycles. The quantitative estimate of drug-likeness (QED) is 0.750. The minimum atomic E-state index is -0.303. The standard InChI is InChI=1S/C13H23N3O2/c1-10(17)15-12(11-4-2-3-5-11)13(18)16-8-6-14-7-9-16/h11-12,14H,2-9H2,1H3,(H,15,17). The van der Waals surface area contributed by atoms with Crippen LogP contribution in [0.2, 0.25) is 0 Å². The summed E-state index contributed by atoms with van der Waals surface area (Å²) in [7, 11) is 0. The lowest BCUT2D eigenvalue weighted by atomic mass is 9.96. The van der Waals surface area contributed by atoms with Gasteiger partial charge >= 0.3 is 0 Å². The number of nitrogens with one attached hydrogen (secondary N) is 2. The van der Waals surface area contributed by atoms with E-state index in [2.05, 4.69) is 10.6 Å². The maximum Gasteiger partial charge on any atom is 0.245 e. The summed E-state index contributed by atoms with van der Waals surface area (Å²) in [5.41, 5.74) is 0. The van der Waals surface area contributed by atoms with Crippen LogP contribution in [0.15, 0.2) is 0 Å². The molecule has 1 atom stereocenters. The van der Waals surface area contributed by atoms with Crippen LogP contribution >= 0.6 is 0 Å². The predicted molar refractivity (Wildman–Crippen MR) is 69.0 cm³/mol. The van der Waals surface area contributed by atoms with Crippen LogP contribution in [0.3, 0.4) is 0 Å². The summed E-state index contributed by atoms with van der Waals surface area (Å²) in [6.45, 7) is 4.70. The van der Waals surface area contributed by atoms with Crippen molar-refractivity contribution in [2.24, 2.45) is 5.92 Å². The van der Waals surface area contributed by atoms with Crippen molar-refractivity contribution in [3.63, 3.8) is 0 Å². The highest BCUT2D eigenvalue weighted by Gasteiger charge is 2.34. The molecule has 0 bridgehead atoms. The molecule has 2 rings (SSSR count). The Morgan fingerprint density at radius 2 is 1.83 bits per heavy atom. The van der Waals surface area contributed by atoms with Crippen molar-refractivity contribution >= 4 is 11.8 Å². The van der Waals surface area contributed by atoms with E-state index in [1.807, 2.05) is 4.90 Å². The van der Waals surface area contributed by atoms with E-state index in [1.165, 1.54) is 19.8 Å². The van der Waals surface area contributed by atoms with Crippen LogP contribution in [0, 0.1) is 5.92 Å². The van der Waals surface area contributed by atoms with Crippen molar-refractivity contribution in [2.45, 2.75) is 38.6 Å². The van der Waals surface area contributed by atoms with E-state index in [-0.39, 0.29) is 17.9 Å². The highest BCUT2D eigenvalue weighted by atomic mass is 16.2. The predicted octanol–water partition coefficient (Wildman–Crippen LogP) is 0.113. The van der Waals surface area contributed by atoms with E-state index in [9.17, 15) is 9.59 Å². The molecule has 1 unspecified atom stereocenters. The fourth-order valence-corrected chi connectivity index (χ4v) is 2.97. The Labute approximate surface area is 108 Å². The van der Waals surface area contributed by atoms with Crippen LogP contribution in [-0.4, -0.2) is 48.9 Å². The Kier molecular flexibility index (Phi) is 4.58. The second kappa shape index (κ2) is 6.18. The zero-order valence-corrected chi connectivity index (χ0v) is 11.1. The number of hydrogen-bond acceptors (Lipinski definition) is 3. The molecule has 1 heterocycles. The molecule has 0 aromatic heterocycles. The topological polar surface area (TPSA) is 61.4 Å². The van der Waals surface area contributed by atoms with E-state index in [0.29, 0.717) is 5.92 Å². The Balaban J connectivity index is 2.01. The molecule has 1 aliphatic heterocycles. The lowest BCUT2D eigenvalue weighted by molar-refractivity contribution is -0.138. The maximum absolute atomic E-state index is 12.5. The van der Waals surface area contributed by atoms with Crippen LogP contribution < -0.4 is 10.6 Å². The normalized spacial score (nSPS) is 22.8. The molecule has 0 aromatic rings. The molecule has 2 amide bonds. The highest BCUT2D eigenvalue weighted by Crippen LogP contribution is 2.28. The van der Waals surface area contributed by atoms with Gasteiger partial charge in [0, 0.05) is 33.1 Å². The van der Waals surface area contributed by atoms with E-state index < -0.39 is 0 Å². The largest absolute Gasteiger partial charge is 0.344 e. The zero-order chi connectivity index (χ0) is 13.0. The minimum absolute atomic E-state index is 0.101. The molecule has 18 heavy (non-hydrogen) atoms. The number of piperazine rings is 1. The smallest absolute Gasteiger partial charge is 0.245 e. The number of hydrogen-bond donors (Lipinski definition) is 2. The van der Waals surface area contributed by atoms with Crippen LogP contribution in [0.4, 0.5) is 0 Å². The lowest BCUT2D eigenvalue weighted by Crippen LogP contribution is -2.55. The van der Waals surface area contributed by atoms with Crippen LogP contribution in [0.25, 0.3) is 0 Å². The van der Waals surface area contributed by atoms with Gasteiger partial charge in [0.1, 0.15) is 6.04 Å². The maximum atomic E-state index is 12.5. The second-order valence-corrected chi connectivity index (χ2v) is 5.30. The molecule has 0 radical (unpaired) electrons. The van der Waals surface area contributed by atoms with Gasteiger partial charge in [0.2, 0.25) is 11.8 Å². The molecule has 2 N–H and O–H groups in total. The Bertz CT molecular complexity index is 307. The third-order valence-corrected chi connectivity index (χ3v) is 3.92. The van der Waals surface area contributed by atoms with Crippen molar-refractivity contribution in [1.29, 1.82) is 0 Å². The minimum Gasteiger partial charge on any atom is -0.344 e. The molecule has 1 saturated carbocycles. The van der Waals surface area contributed by atoms with Gasteiger partial charge in [-0.1, -0.05) is 12.8 Å². The SMILES string of the molecule is CC(=O)NC(C(=O)N1CCNCC1)C1CCCC1. The van der Waals surface area contributed by atoms with Gasteiger partial charge in [-0.2, -0.15) is 0 Å². The average Bonchev–Trinajstić information content (AvgIpc) is 2.89. The molecule has 5 heteroatoms. The summed E-state index contributed by atoms with van der Waals surface area (Å²) in [6, 6.07) is -0.303. The summed E-state index contributed by atoms with van der Waals surface area (Å²) < 4.78 is 0. The summed E-state index contributed by atoms with van der Waals surface area (Å²) in [5, 5.41) is 6.11. The Morgan fingerprint density at radius 1 is 1.22 bits per heavy atom. The van der Waals surface area contributed by atoms with Crippen LogP contribution in [0.1, 0.15) is 32.6 Å². The highest BCUT2D eigenvalue weighted by molar-refractivity contribution is 5.87. The molecule has 2 aliphatic rings.